The van der Waals surface area contributed by atoms with E-state index in [1.165, 1.54) is 30.7 Å². The zero-order valence-electron chi connectivity index (χ0n) is 20.0. The van der Waals surface area contributed by atoms with Gasteiger partial charge in [-0.25, -0.2) is 8.42 Å². The number of nitrogens with one attached hydrogen (secondary N) is 1. The number of sulfonamides is 1. The molecular formula is C25H25ClN2O7S. The van der Waals surface area contributed by atoms with Crippen LogP contribution in [0, 0.1) is 5.92 Å². The van der Waals surface area contributed by atoms with Crippen molar-refractivity contribution in [1.29, 1.82) is 0 Å². The minimum Gasteiger partial charge on any atom is -0.496 e. The predicted molar refractivity (Wildman–Crippen MR) is 135 cm³/mol. The van der Waals surface area contributed by atoms with Crippen molar-refractivity contribution in [3.8, 4) is 17.2 Å². The Kier molecular flexibility index (Phi) is 5.91. The smallest absolute Gasteiger partial charge is 0.236 e. The van der Waals surface area contributed by atoms with Gasteiger partial charge in [-0.3, -0.25) is 13.9 Å². The van der Waals surface area contributed by atoms with Gasteiger partial charge >= 0.3 is 0 Å². The van der Waals surface area contributed by atoms with Gasteiger partial charge < -0.3 is 19.5 Å². The van der Waals surface area contributed by atoms with Gasteiger partial charge in [0.1, 0.15) is 22.1 Å². The van der Waals surface area contributed by atoms with Gasteiger partial charge in [-0.05, 0) is 31.0 Å². The molecule has 1 N–H and O–H groups in total. The molecule has 1 saturated heterocycles. The maximum atomic E-state index is 13.6. The van der Waals surface area contributed by atoms with Crippen molar-refractivity contribution in [2.24, 2.45) is 5.92 Å². The lowest BCUT2D eigenvalue weighted by Crippen LogP contribution is -2.55. The first-order chi connectivity index (χ1) is 17.1. The zero-order valence-corrected chi connectivity index (χ0v) is 21.5. The number of rotatable bonds is 5. The summed E-state index contributed by atoms with van der Waals surface area (Å²) in [5.74, 6) is -0.872. The monoisotopic (exact) mass is 532 g/mol. The van der Waals surface area contributed by atoms with Crippen LogP contribution in [0.25, 0.3) is 0 Å². The third kappa shape index (κ3) is 3.62. The van der Waals surface area contributed by atoms with Crippen LogP contribution in [0.1, 0.15) is 30.1 Å². The Morgan fingerprint density at radius 2 is 1.92 bits per heavy atom. The molecular weight excluding hydrogens is 508 g/mol. The Hall–Kier alpha value is -3.24. The molecule has 1 aliphatic carbocycles. The van der Waals surface area contributed by atoms with Crippen molar-refractivity contribution >= 4 is 44.6 Å². The lowest BCUT2D eigenvalue weighted by molar-refractivity contribution is -0.129. The summed E-state index contributed by atoms with van der Waals surface area (Å²) >= 11 is 6.43. The lowest BCUT2D eigenvalue weighted by atomic mass is 9.74. The maximum Gasteiger partial charge on any atom is 0.236 e. The third-order valence-electron chi connectivity index (χ3n) is 6.85. The first kappa shape index (κ1) is 24.5. The number of hydrogen-bond donors (Lipinski definition) is 1. The summed E-state index contributed by atoms with van der Waals surface area (Å²) in [6, 6.07) is 8.50. The van der Waals surface area contributed by atoms with Crippen molar-refractivity contribution in [2.75, 3.05) is 36.1 Å². The first-order valence-electron chi connectivity index (χ1n) is 11.4. The highest BCUT2D eigenvalue weighted by Crippen LogP contribution is 2.53. The molecule has 0 bridgehead atoms. The molecule has 0 radical (unpaired) electrons. The second-order valence-corrected chi connectivity index (χ2v) is 11.4. The second-order valence-electron chi connectivity index (χ2n) is 9.02. The molecule has 1 fully saturated rings. The number of carbonyl (C=O) groups is 2. The minimum absolute atomic E-state index is 0.0717. The molecule has 3 aliphatic rings. The molecule has 2 heterocycles. The van der Waals surface area contributed by atoms with Crippen LogP contribution >= 0.6 is 11.6 Å². The summed E-state index contributed by atoms with van der Waals surface area (Å²) in [5.41, 5.74) is 0.135. The number of ketones is 2. The number of Topliss-reactive ketones (excluding diaryl/α,β-unsaturated/α-hetero) is 1. The van der Waals surface area contributed by atoms with Gasteiger partial charge in [0.15, 0.2) is 5.75 Å². The van der Waals surface area contributed by atoms with Crippen LogP contribution in [-0.4, -0.2) is 52.1 Å². The molecule has 2 atom stereocenters. The van der Waals surface area contributed by atoms with E-state index in [1.807, 2.05) is 0 Å². The Morgan fingerprint density at radius 1 is 1.17 bits per heavy atom. The average Bonchev–Trinajstić information content (AvgIpc) is 3.36. The molecule has 2 aromatic carbocycles. The van der Waals surface area contributed by atoms with Crippen molar-refractivity contribution in [1.82, 2.24) is 0 Å². The van der Waals surface area contributed by atoms with Crippen molar-refractivity contribution < 1.29 is 32.2 Å². The predicted octanol–water partition coefficient (Wildman–Crippen LogP) is 3.82. The van der Waals surface area contributed by atoms with E-state index in [1.54, 1.807) is 31.2 Å². The topological polar surface area (TPSA) is 111 Å². The van der Waals surface area contributed by atoms with Crippen LogP contribution in [0.4, 0.5) is 11.4 Å². The molecule has 2 unspecified atom stereocenters. The summed E-state index contributed by atoms with van der Waals surface area (Å²) in [7, 11) is -0.470. The number of benzene rings is 2. The number of methoxy groups -OCH3 is 2. The highest BCUT2D eigenvalue weighted by molar-refractivity contribution is 7.93. The van der Waals surface area contributed by atoms with Gasteiger partial charge in [0.05, 0.1) is 25.7 Å². The number of halogens is 1. The molecule has 5 rings (SSSR count). The number of carbonyl (C=O) groups excluding carboxylic acids is 2. The van der Waals surface area contributed by atoms with Crippen molar-refractivity contribution in [3.63, 3.8) is 0 Å². The Morgan fingerprint density at radius 3 is 2.56 bits per heavy atom. The number of allylic oxidation sites excluding steroid dienone is 1. The quantitative estimate of drug-likeness (QED) is 0.579. The Bertz CT molecular complexity index is 1420. The number of nitrogens with zero attached hydrogens (tertiary/aromatic N) is 1. The van der Waals surface area contributed by atoms with Crippen molar-refractivity contribution in [2.45, 2.75) is 25.4 Å². The molecule has 1 spiro atoms. The van der Waals surface area contributed by atoms with E-state index in [9.17, 15) is 18.0 Å². The molecule has 0 aromatic heterocycles. The first-order valence-corrected chi connectivity index (χ1v) is 13.4. The fraction of sp³-hybridized carbons (Fsp3) is 0.360. The van der Waals surface area contributed by atoms with Gasteiger partial charge in [-0.2, -0.15) is 0 Å². The molecule has 190 valence electrons. The normalized spacial score (nSPS) is 24.4. The summed E-state index contributed by atoms with van der Waals surface area (Å²) in [6.45, 7) is 2.20. The van der Waals surface area contributed by atoms with Crippen LogP contribution in [0.2, 0.25) is 5.02 Å². The standard InChI is InChI=1S/C25H25ClN2O7S/c1-14-10-16(27-15-6-4-7-17(11-15)28-8-5-9-36(28,31)32)12-20(29)25(14)24(30)21-18(33-2)13-19(34-3)22(26)23(21)35-25/h4,6-7,11-14,27H,5,8-10H2,1-3H3. The highest BCUT2D eigenvalue weighted by atomic mass is 35.5. The summed E-state index contributed by atoms with van der Waals surface area (Å²) < 4.78 is 42.7. The van der Waals surface area contributed by atoms with Gasteiger partial charge in [0, 0.05) is 36.0 Å². The zero-order chi connectivity index (χ0) is 25.8. The molecule has 0 amide bonds. The van der Waals surface area contributed by atoms with Crippen LogP contribution in [-0.2, 0) is 14.8 Å². The summed E-state index contributed by atoms with van der Waals surface area (Å²) in [5, 5.41) is 3.31. The van der Waals surface area contributed by atoms with E-state index >= 15 is 0 Å². The highest BCUT2D eigenvalue weighted by Gasteiger charge is 2.60. The second kappa shape index (κ2) is 8.70. The number of hydrogen-bond acceptors (Lipinski definition) is 8. The largest absolute Gasteiger partial charge is 0.496 e. The SMILES string of the molecule is COc1cc(OC)c2c(c1Cl)OC1(C(=O)C=C(Nc3cccc(N4CCCS4(=O)=O)c3)CC1C)C2=O. The van der Waals surface area contributed by atoms with Crippen LogP contribution < -0.4 is 23.8 Å². The maximum absolute atomic E-state index is 13.6. The third-order valence-corrected chi connectivity index (χ3v) is 9.08. The Labute approximate surface area is 214 Å². The average molecular weight is 533 g/mol. The van der Waals surface area contributed by atoms with Crippen molar-refractivity contribution in [3.05, 3.63) is 52.7 Å². The van der Waals surface area contributed by atoms with Crippen LogP contribution in [0.5, 0.6) is 17.2 Å². The summed E-state index contributed by atoms with van der Waals surface area (Å²) in [4.78, 5) is 27.1. The van der Waals surface area contributed by atoms with E-state index in [4.69, 9.17) is 25.8 Å². The van der Waals surface area contributed by atoms with E-state index in [0.717, 1.165) is 0 Å². The van der Waals surface area contributed by atoms with Gasteiger partial charge in [0.25, 0.3) is 0 Å². The van der Waals surface area contributed by atoms with E-state index in [0.29, 0.717) is 36.5 Å². The molecule has 11 heteroatoms. The van der Waals surface area contributed by atoms with Gasteiger partial charge in [-0.15, -0.1) is 0 Å². The van der Waals surface area contributed by atoms with Crippen LogP contribution in [0.15, 0.2) is 42.1 Å². The fourth-order valence-electron chi connectivity index (χ4n) is 5.07. The number of fused-ring (bicyclic) bond motifs is 1. The molecule has 2 aliphatic heterocycles. The molecule has 0 saturated carbocycles. The van der Waals surface area contributed by atoms with Crippen LogP contribution in [0.3, 0.4) is 0 Å². The molecule has 36 heavy (non-hydrogen) atoms. The molecule has 9 nitrogen and oxygen atoms in total. The number of anilines is 2. The van der Waals surface area contributed by atoms with E-state index in [2.05, 4.69) is 5.32 Å². The van der Waals surface area contributed by atoms with E-state index < -0.39 is 33.1 Å². The number of ether oxygens (including phenoxy) is 3. The summed E-state index contributed by atoms with van der Waals surface area (Å²) in [6.07, 6.45) is 2.27. The Balaban J connectivity index is 1.45. The minimum atomic E-state index is -3.32. The van der Waals surface area contributed by atoms with Gasteiger partial charge in [0.2, 0.25) is 27.2 Å². The lowest BCUT2D eigenvalue weighted by Gasteiger charge is -2.35. The van der Waals surface area contributed by atoms with E-state index in [-0.39, 0.29) is 33.6 Å². The van der Waals surface area contributed by atoms with Gasteiger partial charge in [-0.1, -0.05) is 24.6 Å². The molecule has 2 aromatic rings. The fourth-order valence-corrected chi connectivity index (χ4v) is 6.89.